The zero-order valence-electron chi connectivity index (χ0n) is 33.0. The summed E-state index contributed by atoms with van der Waals surface area (Å²) >= 11 is 1.85. The average molecular weight is 797 g/mol. The van der Waals surface area contributed by atoms with E-state index in [1.54, 1.807) is 0 Å². The fourth-order valence-electron chi connectivity index (χ4n) is 8.10. The van der Waals surface area contributed by atoms with Crippen molar-refractivity contribution in [1.82, 2.24) is 19.9 Å². The van der Waals surface area contributed by atoms with Crippen LogP contribution in [0.2, 0.25) is 0 Å². The van der Waals surface area contributed by atoms with E-state index in [0.717, 1.165) is 67.3 Å². The van der Waals surface area contributed by atoms with Crippen LogP contribution in [0.15, 0.2) is 218 Å². The van der Waals surface area contributed by atoms with Gasteiger partial charge in [-0.25, -0.2) is 19.9 Å². The maximum Gasteiger partial charge on any atom is 0.160 e. The number of benzene rings is 8. The fourth-order valence-corrected chi connectivity index (χ4v) is 9.36. The molecule has 11 aromatic rings. The SMILES string of the molecule is c1ccc(-c2cc(-c3ccc(-c4ccc(-c5cccc(-c6cc(-c7ccccc7)nc(-c7ccccc7)n6)c5)c5sc6ccccc6c45)cc3)nc(-c3ccccc3)n2)cc1. The molecule has 0 unspecified atom stereocenters. The van der Waals surface area contributed by atoms with Crippen molar-refractivity contribution in [3.63, 3.8) is 0 Å². The molecule has 5 heteroatoms. The smallest absolute Gasteiger partial charge is 0.160 e. The normalized spacial score (nSPS) is 11.3. The Bertz CT molecular complexity index is 3210. The molecule has 0 saturated heterocycles. The Balaban J connectivity index is 1.00. The average Bonchev–Trinajstić information content (AvgIpc) is 3.75. The first-order chi connectivity index (χ1) is 30.2. The number of nitrogens with zero attached hydrogens (tertiary/aromatic N) is 4. The van der Waals surface area contributed by atoms with Gasteiger partial charge in [-0.2, -0.15) is 0 Å². The monoisotopic (exact) mass is 796 g/mol. The molecule has 8 aromatic carbocycles. The molecule has 286 valence electrons. The predicted molar refractivity (Wildman–Crippen MR) is 254 cm³/mol. The Hall–Kier alpha value is -7.86. The second-order valence-electron chi connectivity index (χ2n) is 15.0. The summed E-state index contributed by atoms with van der Waals surface area (Å²) < 4.78 is 2.52. The minimum atomic E-state index is 0.706. The number of thiophene rings is 1. The summed E-state index contributed by atoms with van der Waals surface area (Å²) in [5.74, 6) is 1.41. The highest BCUT2D eigenvalue weighted by molar-refractivity contribution is 7.26. The molecule has 3 heterocycles. The van der Waals surface area contributed by atoms with Gasteiger partial charge in [-0.15, -0.1) is 11.3 Å². The first-order valence-corrected chi connectivity index (χ1v) is 21.2. The lowest BCUT2D eigenvalue weighted by molar-refractivity contribution is 1.18. The second kappa shape index (κ2) is 15.7. The van der Waals surface area contributed by atoms with Crippen LogP contribution in [0.3, 0.4) is 0 Å². The summed E-state index contributed by atoms with van der Waals surface area (Å²) in [5, 5.41) is 2.52. The van der Waals surface area contributed by atoms with E-state index in [2.05, 4.69) is 158 Å². The third-order valence-corrected chi connectivity index (χ3v) is 12.3. The first-order valence-electron chi connectivity index (χ1n) is 20.4. The number of rotatable bonds is 8. The molecule has 0 N–H and O–H groups in total. The van der Waals surface area contributed by atoms with Crippen LogP contribution < -0.4 is 0 Å². The van der Waals surface area contributed by atoms with Crippen molar-refractivity contribution in [2.45, 2.75) is 0 Å². The zero-order chi connectivity index (χ0) is 40.5. The fraction of sp³-hybridized carbons (Fsp3) is 0. The molecular formula is C56H36N4S. The van der Waals surface area contributed by atoms with E-state index >= 15 is 0 Å². The quantitative estimate of drug-likeness (QED) is 0.154. The zero-order valence-corrected chi connectivity index (χ0v) is 33.8. The van der Waals surface area contributed by atoms with Gasteiger partial charge < -0.3 is 0 Å². The molecule has 0 aliphatic heterocycles. The van der Waals surface area contributed by atoms with Crippen molar-refractivity contribution in [1.29, 1.82) is 0 Å². The van der Waals surface area contributed by atoms with Gasteiger partial charge in [0.1, 0.15) is 0 Å². The minimum absolute atomic E-state index is 0.706. The van der Waals surface area contributed by atoms with Crippen molar-refractivity contribution in [2.75, 3.05) is 0 Å². The second-order valence-corrected chi connectivity index (χ2v) is 16.1. The maximum absolute atomic E-state index is 5.14. The third-order valence-electron chi connectivity index (χ3n) is 11.1. The highest BCUT2D eigenvalue weighted by atomic mass is 32.1. The van der Waals surface area contributed by atoms with Gasteiger partial charge in [0.2, 0.25) is 0 Å². The molecule has 0 aliphatic rings. The van der Waals surface area contributed by atoms with Crippen molar-refractivity contribution >= 4 is 31.5 Å². The van der Waals surface area contributed by atoms with Crippen LogP contribution in [0.5, 0.6) is 0 Å². The van der Waals surface area contributed by atoms with Crippen molar-refractivity contribution in [2.24, 2.45) is 0 Å². The van der Waals surface area contributed by atoms with Gasteiger partial charge in [0, 0.05) is 53.6 Å². The van der Waals surface area contributed by atoms with E-state index in [1.807, 2.05) is 72.0 Å². The van der Waals surface area contributed by atoms with Crippen LogP contribution in [0.1, 0.15) is 0 Å². The Morgan fingerprint density at radius 2 is 0.689 bits per heavy atom. The molecule has 0 fully saturated rings. The molecule has 0 atom stereocenters. The number of hydrogen-bond acceptors (Lipinski definition) is 5. The molecule has 11 rings (SSSR count). The Kier molecular flexibility index (Phi) is 9.34. The Labute approximate surface area is 358 Å². The van der Waals surface area contributed by atoms with Crippen molar-refractivity contribution in [3.05, 3.63) is 218 Å². The number of aromatic nitrogens is 4. The third kappa shape index (κ3) is 7.07. The van der Waals surface area contributed by atoms with Crippen LogP contribution in [-0.4, -0.2) is 19.9 Å². The highest BCUT2D eigenvalue weighted by Crippen LogP contribution is 2.45. The van der Waals surface area contributed by atoms with Crippen molar-refractivity contribution in [3.8, 4) is 90.1 Å². The van der Waals surface area contributed by atoms with Gasteiger partial charge in [0.05, 0.1) is 22.8 Å². The summed E-state index contributed by atoms with van der Waals surface area (Å²) in [7, 11) is 0. The van der Waals surface area contributed by atoms with E-state index < -0.39 is 0 Å². The van der Waals surface area contributed by atoms with E-state index in [9.17, 15) is 0 Å². The van der Waals surface area contributed by atoms with E-state index in [-0.39, 0.29) is 0 Å². The lowest BCUT2D eigenvalue weighted by Crippen LogP contribution is -1.96. The Morgan fingerprint density at radius 1 is 0.279 bits per heavy atom. The molecule has 3 aromatic heterocycles. The molecule has 4 nitrogen and oxygen atoms in total. The molecule has 0 saturated carbocycles. The van der Waals surface area contributed by atoms with Gasteiger partial charge in [-0.1, -0.05) is 194 Å². The standard InChI is InChI=1S/C56H36N4S/c1-5-16-38(17-6-1)48-35-50(59-55(57-48)41-20-9-3-10-21-41)40-30-28-37(29-31-40)45-32-33-46(54-53(45)47-26-13-14-27-52(47)61-54)43-24-15-25-44(34-43)51-36-49(39-18-7-2-8-19-39)58-56(60-51)42-22-11-4-12-23-42/h1-36H. The Morgan fingerprint density at radius 3 is 1.25 bits per heavy atom. The lowest BCUT2D eigenvalue weighted by atomic mass is 9.93. The number of hydrogen-bond donors (Lipinski definition) is 0. The molecule has 0 amide bonds. The van der Waals surface area contributed by atoms with Gasteiger partial charge in [-0.3, -0.25) is 0 Å². The number of fused-ring (bicyclic) bond motifs is 3. The van der Waals surface area contributed by atoms with Gasteiger partial charge in [-0.05, 0) is 46.5 Å². The van der Waals surface area contributed by atoms with Crippen LogP contribution in [-0.2, 0) is 0 Å². The van der Waals surface area contributed by atoms with Gasteiger partial charge in [0.15, 0.2) is 11.6 Å². The largest absolute Gasteiger partial charge is 0.228 e. The van der Waals surface area contributed by atoms with Gasteiger partial charge in [0.25, 0.3) is 0 Å². The summed E-state index contributed by atoms with van der Waals surface area (Å²) in [4.78, 5) is 20.2. The van der Waals surface area contributed by atoms with Crippen molar-refractivity contribution < 1.29 is 0 Å². The summed E-state index contributed by atoms with van der Waals surface area (Å²) in [6, 6.07) is 76.2. The predicted octanol–water partition coefficient (Wildman–Crippen LogP) is 15.0. The van der Waals surface area contributed by atoms with E-state index in [0.29, 0.717) is 11.6 Å². The molecular weight excluding hydrogens is 761 g/mol. The lowest BCUT2D eigenvalue weighted by Gasteiger charge is -2.13. The summed E-state index contributed by atoms with van der Waals surface area (Å²) in [6.07, 6.45) is 0. The van der Waals surface area contributed by atoms with E-state index in [1.165, 1.54) is 31.3 Å². The van der Waals surface area contributed by atoms with E-state index in [4.69, 9.17) is 19.9 Å². The van der Waals surface area contributed by atoms with Crippen LogP contribution in [0.4, 0.5) is 0 Å². The van der Waals surface area contributed by atoms with Crippen LogP contribution >= 0.6 is 11.3 Å². The molecule has 61 heavy (non-hydrogen) atoms. The van der Waals surface area contributed by atoms with Gasteiger partial charge >= 0.3 is 0 Å². The topological polar surface area (TPSA) is 51.6 Å². The maximum atomic E-state index is 5.14. The summed E-state index contributed by atoms with van der Waals surface area (Å²) in [6.45, 7) is 0. The summed E-state index contributed by atoms with van der Waals surface area (Å²) in [5.41, 5.74) is 14.4. The first kappa shape index (κ1) is 36.2. The molecule has 0 aliphatic carbocycles. The molecule has 0 radical (unpaired) electrons. The van der Waals surface area contributed by atoms with Crippen LogP contribution in [0, 0.1) is 0 Å². The van der Waals surface area contributed by atoms with Crippen LogP contribution in [0.25, 0.3) is 110 Å². The molecule has 0 spiro atoms. The highest BCUT2D eigenvalue weighted by Gasteiger charge is 2.18. The molecule has 0 bridgehead atoms. The minimum Gasteiger partial charge on any atom is -0.228 e.